The van der Waals surface area contributed by atoms with Crippen LogP contribution in [0.3, 0.4) is 0 Å². The van der Waals surface area contributed by atoms with Crippen molar-refractivity contribution >= 4 is 17.3 Å². The zero-order valence-corrected chi connectivity index (χ0v) is 11.9. The highest BCUT2D eigenvalue weighted by molar-refractivity contribution is 5.62. The summed E-state index contributed by atoms with van der Waals surface area (Å²) in [5.74, 6) is 2.97. The number of ether oxygens (including phenoxy) is 2. The van der Waals surface area contributed by atoms with Gasteiger partial charge in [0.05, 0.1) is 12.4 Å². The number of nitrogens with zero attached hydrogens (tertiary/aromatic N) is 2. The molecule has 0 aliphatic carbocycles. The Hall–Kier alpha value is -2.50. The molecule has 0 radical (unpaired) electrons. The minimum atomic E-state index is 0.576. The molecule has 0 spiro atoms. The normalized spacial score (nSPS) is 12.8. The Morgan fingerprint density at radius 1 is 1.10 bits per heavy atom. The second kappa shape index (κ2) is 6.30. The Morgan fingerprint density at radius 2 is 1.90 bits per heavy atom. The lowest BCUT2D eigenvalue weighted by Gasteiger charge is -2.19. The summed E-state index contributed by atoms with van der Waals surface area (Å²) in [5.41, 5.74) is 0.890. The van der Waals surface area contributed by atoms with Crippen LogP contribution in [0, 0.1) is 0 Å². The number of aromatic nitrogens is 2. The molecule has 0 bridgehead atoms. The summed E-state index contributed by atoms with van der Waals surface area (Å²) >= 11 is 0. The smallest absolute Gasteiger partial charge is 0.163 e. The van der Waals surface area contributed by atoms with E-state index in [4.69, 9.17) is 9.47 Å². The SMILES string of the molecule is CCCNc1cncc(Nc2ccc3c(c2)OCCO3)n1. The first-order valence-electron chi connectivity index (χ1n) is 7.08. The van der Waals surface area contributed by atoms with E-state index in [1.165, 1.54) is 0 Å². The number of fused-ring (bicyclic) bond motifs is 1. The molecule has 2 N–H and O–H groups in total. The van der Waals surface area contributed by atoms with Gasteiger partial charge in [-0.05, 0) is 18.6 Å². The van der Waals surface area contributed by atoms with E-state index in [0.29, 0.717) is 19.0 Å². The van der Waals surface area contributed by atoms with Crippen molar-refractivity contribution in [3.05, 3.63) is 30.6 Å². The lowest BCUT2D eigenvalue weighted by Crippen LogP contribution is -2.15. The van der Waals surface area contributed by atoms with Crippen LogP contribution in [0.25, 0.3) is 0 Å². The predicted molar refractivity (Wildman–Crippen MR) is 81.5 cm³/mol. The molecule has 0 saturated carbocycles. The third kappa shape index (κ3) is 3.34. The topological polar surface area (TPSA) is 68.3 Å². The minimum absolute atomic E-state index is 0.576. The molecule has 6 nitrogen and oxygen atoms in total. The molecule has 0 fully saturated rings. The summed E-state index contributed by atoms with van der Waals surface area (Å²) in [6.07, 6.45) is 4.44. The Labute approximate surface area is 123 Å². The molecule has 6 heteroatoms. The maximum absolute atomic E-state index is 5.57. The van der Waals surface area contributed by atoms with Crippen LogP contribution in [0.2, 0.25) is 0 Å². The summed E-state index contributed by atoms with van der Waals surface area (Å²) in [6, 6.07) is 5.73. The molecule has 1 aliphatic rings. The zero-order chi connectivity index (χ0) is 14.5. The fraction of sp³-hybridized carbons (Fsp3) is 0.333. The lowest BCUT2D eigenvalue weighted by atomic mass is 10.2. The van der Waals surface area contributed by atoms with Gasteiger partial charge in [0.1, 0.15) is 19.0 Å². The molecule has 0 atom stereocenters. The number of rotatable bonds is 5. The van der Waals surface area contributed by atoms with E-state index in [1.54, 1.807) is 12.4 Å². The molecule has 1 aromatic carbocycles. The zero-order valence-electron chi connectivity index (χ0n) is 11.9. The molecule has 110 valence electrons. The van der Waals surface area contributed by atoms with E-state index in [1.807, 2.05) is 18.2 Å². The standard InChI is InChI=1S/C15H18N4O2/c1-2-5-17-14-9-16-10-15(19-14)18-11-3-4-12-13(8-11)21-7-6-20-12/h3-4,8-10H,2,5-7H2,1H3,(H2,17,18,19). The van der Waals surface area contributed by atoms with Crippen molar-refractivity contribution in [1.29, 1.82) is 0 Å². The molecule has 0 amide bonds. The number of hydrogen-bond donors (Lipinski definition) is 2. The molecular weight excluding hydrogens is 268 g/mol. The van der Waals surface area contributed by atoms with Gasteiger partial charge in [0.15, 0.2) is 17.3 Å². The quantitative estimate of drug-likeness (QED) is 0.881. The largest absolute Gasteiger partial charge is 0.486 e. The predicted octanol–water partition coefficient (Wildman–Crippen LogP) is 2.81. The van der Waals surface area contributed by atoms with E-state index < -0.39 is 0 Å². The minimum Gasteiger partial charge on any atom is -0.486 e. The van der Waals surface area contributed by atoms with E-state index in [2.05, 4.69) is 27.5 Å². The van der Waals surface area contributed by atoms with E-state index in [-0.39, 0.29) is 0 Å². The third-order valence-corrected chi connectivity index (χ3v) is 3.01. The Kier molecular flexibility index (Phi) is 4.04. The maximum atomic E-state index is 5.57. The van der Waals surface area contributed by atoms with Crippen LogP contribution in [0.4, 0.5) is 17.3 Å². The fourth-order valence-electron chi connectivity index (χ4n) is 2.03. The van der Waals surface area contributed by atoms with Gasteiger partial charge in [0.25, 0.3) is 0 Å². The summed E-state index contributed by atoms with van der Waals surface area (Å²) < 4.78 is 11.1. The number of nitrogens with one attached hydrogen (secondary N) is 2. The third-order valence-electron chi connectivity index (χ3n) is 3.01. The van der Waals surface area contributed by atoms with Crippen LogP contribution in [-0.2, 0) is 0 Å². The highest BCUT2D eigenvalue weighted by Crippen LogP contribution is 2.33. The molecule has 0 saturated heterocycles. The van der Waals surface area contributed by atoms with Crippen molar-refractivity contribution in [2.24, 2.45) is 0 Å². The van der Waals surface area contributed by atoms with Crippen molar-refractivity contribution in [1.82, 2.24) is 9.97 Å². The lowest BCUT2D eigenvalue weighted by molar-refractivity contribution is 0.171. The molecule has 2 aromatic rings. The first-order valence-corrected chi connectivity index (χ1v) is 7.08. The second-order valence-electron chi connectivity index (χ2n) is 4.70. The molecule has 3 rings (SSSR count). The van der Waals surface area contributed by atoms with Crippen molar-refractivity contribution in [3.63, 3.8) is 0 Å². The van der Waals surface area contributed by atoms with Crippen molar-refractivity contribution in [2.75, 3.05) is 30.4 Å². The van der Waals surface area contributed by atoms with Crippen LogP contribution in [0.15, 0.2) is 30.6 Å². The van der Waals surface area contributed by atoms with Gasteiger partial charge in [0, 0.05) is 18.3 Å². The highest BCUT2D eigenvalue weighted by atomic mass is 16.6. The van der Waals surface area contributed by atoms with Gasteiger partial charge in [-0.2, -0.15) is 0 Å². The van der Waals surface area contributed by atoms with E-state index in [9.17, 15) is 0 Å². The maximum Gasteiger partial charge on any atom is 0.163 e. The summed E-state index contributed by atoms with van der Waals surface area (Å²) in [6.45, 7) is 4.16. The van der Waals surface area contributed by atoms with Crippen molar-refractivity contribution in [3.8, 4) is 11.5 Å². The first-order chi connectivity index (χ1) is 10.3. The molecule has 2 heterocycles. The van der Waals surface area contributed by atoms with Crippen LogP contribution >= 0.6 is 0 Å². The van der Waals surface area contributed by atoms with E-state index >= 15 is 0 Å². The van der Waals surface area contributed by atoms with E-state index in [0.717, 1.165) is 36.0 Å². The second-order valence-corrected chi connectivity index (χ2v) is 4.70. The average molecular weight is 286 g/mol. The molecular formula is C15H18N4O2. The monoisotopic (exact) mass is 286 g/mol. The average Bonchev–Trinajstić information content (AvgIpc) is 2.53. The summed E-state index contributed by atoms with van der Waals surface area (Å²) in [4.78, 5) is 8.64. The number of hydrogen-bond acceptors (Lipinski definition) is 6. The fourth-order valence-corrected chi connectivity index (χ4v) is 2.03. The van der Waals surface area contributed by atoms with Crippen LogP contribution in [0.5, 0.6) is 11.5 Å². The summed E-state index contributed by atoms with van der Waals surface area (Å²) in [7, 11) is 0. The Bertz CT molecular complexity index is 618. The van der Waals surface area contributed by atoms with Crippen LogP contribution < -0.4 is 20.1 Å². The van der Waals surface area contributed by atoms with Gasteiger partial charge in [-0.25, -0.2) is 4.98 Å². The van der Waals surface area contributed by atoms with Gasteiger partial charge in [0.2, 0.25) is 0 Å². The van der Waals surface area contributed by atoms with Gasteiger partial charge < -0.3 is 20.1 Å². The van der Waals surface area contributed by atoms with Crippen LogP contribution in [-0.4, -0.2) is 29.7 Å². The highest BCUT2D eigenvalue weighted by Gasteiger charge is 2.11. The Balaban J connectivity index is 1.74. The number of benzene rings is 1. The van der Waals surface area contributed by atoms with Crippen LogP contribution in [0.1, 0.15) is 13.3 Å². The molecule has 21 heavy (non-hydrogen) atoms. The Morgan fingerprint density at radius 3 is 2.76 bits per heavy atom. The molecule has 1 aromatic heterocycles. The molecule has 0 unspecified atom stereocenters. The van der Waals surface area contributed by atoms with Crippen molar-refractivity contribution in [2.45, 2.75) is 13.3 Å². The first kappa shape index (κ1) is 13.5. The number of anilines is 3. The molecule has 1 aliphatic heterocycles. The van der Waals surface area contributed by atoms with Gasteiger partial charge in [-0.15, -0.1) is 0 Å². The van der Waals surface area contributed by atoms with Gasteiger partial charge in [-0.3, -0.25) is 4.98 Å². The summed E-state index contributed by atoms with van der Waals surface area (Å²) in [5, 5.41) is 6.43. The van der Waals surface area contributed by atoms with Crippen molar-refractivity contribution < 1.29 is 9.47 Å². The van der Waals surface area contributed by atoms with Gasteiger partial charge in [-0.1, -0.05) is 6.92 Å². The van der Waals surface area contributed by atoms with Gasteiger partial charge >= 0.3 is 0 Å².